The number of ether oxygens (including phenoxy) is 4. The first-order valence-electron chi connectivity index (χ1n) is 20.9. The number of carbonyl (C=O) groups excluding carboxylic acids is 8. The number of anilines is 2. The molecule has 3 rings (SSSR count). The predicted molar refractivity (Wildman–Crippen MR) is 236 cm³/mol. The predicted octanol–water partition coefficient (Wildman–Crippen LogP) is 5.41. The van der Waals surface area contributed by atoms with E-state index in [-0.39, 0.29) is 64.8 Å². The summed E-state index contributed by atoms with van der Waals surface area (Å²) >= 11 is 0. The minimum Gasteiger partial charge on any atom is -0.461 e. The van der Waals surface area contributed by atoms with E-state index in [1.54, 1.807) is 90.1 Å². The topological polar surface area (TPSA) is 246 Å². The van der Waals surface area contributed by atoms with Gasteiger partial charge < -0.3 is 50.8 Å². The maximum Gasteiger partial charge on any atom is 0.408 e. The van der Waals surface area contributed by atoms with Gasteiger partial charge in [-0.1, -0.05) is 60.7 Å². The first-order chi connectivity index (χ1) is 30.2. The minimum atomic E-state index is -1.15. The normalized spacial score (nSPS) is 12.0. The SMILES string of the molecule is CC(C)(C)OC(=O)N[C@@H](CCC(=O)OCc1ccccc1)C(=O)NCCC(=O)Nc1ccc(NC(=O)CCNC(=O)[C@H](CCC(=O)OCc2ccccc2)NC(=O)OC(C)(C)C)cc1. The fourth-order valence-corrected chi connectivity index (χ4v) is 5.51. The van der Waals surface area contributed by atoms with Crippen molar-refractivity contribution >= 4 is 59.1 Å². The average molecular weight is 889 g/mol. The van der Waals surface area contributed by atoms with Crippen molar-refractivity contribution in [1.29, 1.82) is 0 Å². The van der Waals surface area contributed by atoms with Crippen LogP contribution in [0.25, 0.3) is 0 Å². The van der Waals surface area contributed by atoms with E-state index in [4.69, 9.17) is 18.9 Å². The lowest BCUT2D eigenvalue weighted by Crippen LogP contribution is -2.48. The van der Waals surface area contributed by atoms with Gasteiger partial charge in [-0.3, -0.25) is 28.8 Å². The summed E-state index contributed by atoms with van der Waals surface area (Å²) in [4.78, 5) is 101. The van der Waals surface area contributed by atoms with Gasteiger partial charge in [0, 0.05) is 50.1 Å². The quantitative estimate of drug-likeness (QED) is 0.0548. The van der Waals surface area contributed by atoms with Crippen LogP contribution in [0.2, 0.25) is 0 Å². The average Bonchev–Trinajstić information content (AvgIpc) is 3.22. The summed E-state index contributed by atoms with van der Waals surface area (Å²) in [5.74, 6) is -3.23. The summed E-state index contributed by atoms with van der Waals surface area (Å²) < 4.78 is 21.1. The zero-order valence-electron chi connectivity index (χ0n) is 37.2. The zero-order chi connectivity index (χ0) is 47.1. The fraction of sp³-hybridized carbons (Fsp3) is 0.435. The molecule has 0 heterocycles. The molecule has 0 aliphatic heterocycles. The molecule has 0 aliphatic carbocycles. The zero-order valence-corrected chi connectivity index (χ0v) is 37.2. The second-order valence-electron chi connectivity index (χ2n) is 16.5. The lowest BCUT2D eigenvalue weighted by molar-refractivity contribution is -0.146. The second-order valence-corrected chi connectivity index (χ2v) is 16.5. The van der Waals surface area contributed by atoms with Crippen molar-refractivity contribution in [3.8, 4) is 0 Å². The molecule has 0 aromatic heterocycles. The van der Waals surface area contributed by atoms with E-state index in [1.807, 2.05) is 36.4 Å². The molecule has 0 saturated heterocycles. The maximum absolute atomic E-state index is 13.1. The van der Waals surface area contributed by atoms with Crippen molar-refractivity contribution < 1.29 is 57.3 Å². The Labute approximate surface area is 373 Å². The Morgan fingerprint density at radius 3 is 1.16 bits per heavy atom. The molecule has 0 unspecified atom stereocenters. The van der Waals surface area contributed by atoms with Crippen LogP contribution >= 0.6 is 0 Å². The van der Waals surface area contributed by atoms with Gasteiger partial charge in [-0.25, -0.2) is 9.59 Å². The van der Waals surface area contributed by atoms with Crippen molar-refractivity contribution in [1.82, 2.24) is 21.3 Å². The lowest BCUT2D eigenvalue weighted by Gasteiger charge is -2.23. The molecule has 18 nitrogen and oxygen atoms in total. The first-order valence-corrected chi connectivity index (χ1v) is 20.9. The van der Waals surface area contributed by atoms with Gasteiger partial charge in [0.15, 0.2) is 0 Å². The molecule has 18 heteroatoms. The van der Waals surface area contributed by atoms with Crippen LogP contribution in [0, 0.1) is 0 Å². The molecular weight excluding hydrogens is 829 g/mol. The van der Waals surface area contributed by atoms with Crippen LogP contribution in [0.1, 0.15) is 91.2 Å². The van der Waals surface area contributed by atoms with Crippen LogP contribution in [-0.2, 0) is 60.9 Å². The van der Waals surface area contributed by atoms with Crippen molar-refractivity contribution in [3.63, 3.8) is 0 Å². The van der Waals surface area contributed by atoms with Crippen LogP contribution in [0.15, 0.2) is 84.9 Å². The van der Waals surface area contributed by atoms with E-state index in [9.17, 15) is 38.4 Å². The Hall–Kier alpha value is -6.98. The molecule has 3 aromatic rings. The molecule has 0 saturated carbocycles. The van der Waals surface area contributed by atoms with Crippen molar-refractivity contribution in [2.45, 2.75) is 117 Å². The second kappa shape index (κ2) is 25.8. The summed E-state index contributed by atoms with van der Waals surface area (Å²) in [6.45, 7) is 9.96. The summed E-state index contributed by atoms with van der Waals surface area (Å²) in [6.07, 6.45) is -2.43. The molecule has 0 radical (unpaired) electrons. The smallest absolute Gasteiger partial charge is 0.408 e. The Morgan fingerprint density at radius 1 is 0.484 bits per heavy atom. The standard InChI is InChI=1S/C46H60N6O12/c1-45(2,3)63-43(59)51-35(21-23-39(55)61-29-31-13-9-7-10-14-31)41(57)47-27-25-37(53)49-33-17-19-34(20-18-33)50-38(54)26-28-48-42(58)36(52-44(60)64-46(4,5)6)22-24-40(56)62-30-32-15-11-8-12-16-32/h7-20,35-36H,21-30H2,1-6H3,(H,47,57)(H,48,58)(H,49,53)(H,50,54)(H,51,59)(H,52,60)/t35-,36-/m0/s1. The number of benzene rings is 3. The molecule has 2 atom stereocenters. The highest BCUT2D eigenvalue weighted by Crippen LogP contribution is 2.15. The van der Waals surface area contributed by atoms with Gasteiger partial charge in [0.2, 0.25) is 23.6 Å². The van der Waals surface area contributed by atoms with Gasteiger partial charge in [-0.15, -0.1) is 0 Å². The number of rotatable bonds is 22. The summed E-state index contributed by atoms with van der Waals surface area (Å²) in [6, 6.07) is 22.1. The minimum absolute atomic E-state index is 0.0590. The molecule has 0 aliphatic rings. The number of carbonyl (C=O) groups is 8. The van der Waals surface area contributed by atoms with Gasteiger partial charge in [-0.2, -0.15) is 0 Å². The van der Waals surface area contributed by atoms with Crippen LogP contribution in [0.3, 0.4) is 0 Å². The number of hydrogen-bond acceptors (Lipinski definition) is 12. The molecule has 0 spiro atoms. The number of hydrogen-bond donors (Lipinski definition) is 6. The largest absolute Gasteiger partial charge is 0.461 e. The number of alkyl carbamates (subject to hydrolysis) is 2. The number of esters is 2. The van der Waals surface area contributed by atoms with Gasteiger partial charge in [0.05, 0.1) is 0 Å². The van der Waals surface area contributed by atoms with Gasteiger partial charge in [-0.05, 0) is 89.8 Å². The van der Waals surface area contributed by atoms with Crippen LogP contribution in [0.4, 0.5) is 21.0 Å². The van der Waals surface area contributed by atoms with E-state index < -0.39 is 71.0 Å². The van der Waals surface area contributed by atoms with Crippen molar-refractivity contribution in [3.05, 3.63) is 96.1 Å². The molecule has 0 fully saturated rings. The van der Waals surface area contributed by atoms with E-state index >= 15 is 0 Å². The lowest BCUT2D eigenvalue weighted by atomic mass is 10.1. The van der Waals surface area contributed by atoms with Crippen molar-refractivity contribution in [2.75, 3.05) is 23.7 Å². The molecule has 64 heavy (non-hydrogen) atoms. The maximum atomic E-state index is 13.1. The highest BCUT2D eigenvalue weighted by Gasteiger charge is 2.27. The van der Waals surface area contributed by atoms with E-state index in [0.29, 0.717) is 11.4 Å². The molecule has 6 N–H and O–H groups in total. The van der Waals surface area contributed by atoms with Crippen LogP contribution in [0.5, 0.6) is 0 Å². The highest BCUT2D eigenvalue weighted by atomic mass is 16.6. The van der Waals surface area contributed by atoms with Gasteiger partial charge >= 0.3 is 24.1 Å². The summed E-state index contributed by atoms with van der Waals surface area (Å²) in [5, 5.41) is 15.6. The third-order valence-corrected chi connectivity index (χ3v) is 8.53. The Kier molecular flexibility index (Phi) is 20.7. The highest BCUT2D eigenvalue weighted by molar-refractivity contribution is 5.94. The van der Waals surface area contributed by atoms with Gasteiger partial charge in [0.1, 0.15) is 36.5 Å². The van der Waals surface area contributed by atoms with E-state index in [2.05, 4.69) is 31.9 Å². The van der Waals surface area contributed by atoms with E-state index in [0.717, 1.165) is 11.1 Å². The third kappa shape index (κ3) is 22.2. The number of amides is 6. The van der Waals surface area contributed by atoms with Gasteiger partial charge in [0.25, 0.3) is 0 Å². The van der Waals surface area contributed by atoms with Crippen LogP contribution < -0.4 is 31.9 Å². The fourth-order valence-electron chi connectivity index (χ4n) is 5.51. The van der Waals surface area contributed by atoms with Crippen LogP contribution in [-0.4, -0.2) is 84.1 Å². The Bertz CT molecular complexity index is 1870. The molecular formula is C46H60N6O12. The molecule has 3 aromatic carbocycles. The first kappa shape index (κ1) is 51.4. The van der Waals surface area contributed by atoms with Crippen molar-refractivity contribution in [2.24, 2.45) is 0 Å². The summed E-state index contributed by atoms with van der Waals surface area (Å²) in [5.41, 5.74) is 0.749. The third-order valence-electron chi connectivity index (χ3n) is 8.53. The monoisotopic (exact) mass is 888 g/mol. The Balaban J connectivity index is 1.43. The molecule has 346 valence electrons. The molecule has 0 bridgehead atoms. The number of nitrogens with one attached hydrogen (secondary N) is 6. The summed E-state index contributed by atoms with van der Waals surface area (Å²) in [7, 11) is 0. The Morgan fingerprint density at radius 2 is 0.828 bits per heavy atom. The van der Waals surface area contributed by atoms with E-state index in [1.165, 1.54) is 0 Å². The molecule has 6 amide bonds.